The van der Waals surface area contributed by atoms with Crippen molar-refractivity contribution < 1.29 is 45.3 Å². The molecule has 12 nitrogen and oxygen atoms in total. The summed E-state index contributed by atoms with van der Waals surface area (Å²) in [4.78, 5) is 15.8. The lowest BCUT2D eigenvalue weighted by atomic mass is 10.0. The second-order valence-corrected chi connectivity index (χ2v) is 12.0. The Balaban J connectivity index is 0.00000353. The largest absolute Gasteiger partial charge is 0.447 e. The zero-order chi connectivity index (χ0) is 28.9. The Morgan fingerprint density at radius 2 is 1.76 bits per heavy atom. The summed E-state index contributed by atoms with van der Waals surface area (Å²) in [6, 6.07) is 6.95. The molecule has 3 fully saturated rings. The number of morpholine rings is 1. The molecule has 0 aliphatic carbocycles. The lowest BCUT2D eigenvalue weighted by molar-refractivity contribution is -0.0445. The van der Waals surface area contributed by atoms with Crippen LogP contribution >= 0.6 is 0 Å². The molecular weight excluding hydrogens is 573 g/mol. The normalized spacial score (nSPS) is 23.4. The molecule has 3 aromatic rings. The molecule has 2 aromatic carbocycles. The summed E-state index contributed by atoms with van der Waals surface area (Å²) < 4.78 is 75.1. The number of cyclic esters (lactones) is 1. The Bertz CT molecular complexity index is 1550. The van der Waals surface area contributed by atoms with E-state index in [4.69, 9.17) is 27.7 Å². The molecule has 0 radical (unpaired) electrons. The van der Waals surface area contributed by atoms with E-state index in [0.717, 1.165) is 10.5 Å². The first-order chi connectivity index (χ1) is 19.6. The summed E-state index contributed by atoms with van der Waals surface area (Å²) in [6.45, 7) is 6.62. The van der Waals surface area contributed by atoms with E-state index in [1.54, 1.807) is 18.2 Å². The van der Waals surface area contributed by atoms with Crippen molar-refractivity contribution in [3.63, 3.8) is 0 Å². The lowest BCUT2D eigenvalue weighted by Gasteiger charge is -2.38. The number of fused-ring (bicyclic) bond motifs is 1. The number of aryl methyl sites for hydroxylation is 1. The highest BCUT2D eigenvalue weighted by molar-refractivity contribution is 7.86. The number of halogens is 1. The number of ether oxygens (including phenoxy) is 4. The van der Waals surface area contributed by atoms with Crippen LogP contribution in [-0.2, 0) is 33.2 Å². The number of carbonyl (C=O) groups is 1. The zero-order valence-corrected chi connectivity index (χ0v) is 23.6. The van der Waals surface area contributed by atoms with Gasteiger partial charge in [-0.3, -0.25) is 4.18 Å². The first kappa shape index (κ1) is 30.2. The van der Waals surface area contributed by atoms with Crippen LogP contribution in [0.5, 0.6) is 0 Å². The molecule has 3 saturated heterocycles. The molecule has 6 rings (SSSR count). The van der Waals surface area contributed by atoms with Crippen molar-refractivity contribution in [2.24, 2.45) is 0 Å². The van der Waals surface area contributed by atoms with Gasteiger partial charge < -0.3 is 28.4 Å². The number of carbonyl (C=O) groups excluding carboxylic acids is 1. The molecule has 42 heavy (non-hydrogen) atoms. The quantitative estimate of drug-likeness (QED) is 0.357. The fourth-order valence-electron chi connectivity index (χ4n) is 5.39. The van der Waals surface area contributed by atoms with Gasteiger partial charge in [-0.1, -0.05) is 30.3 Å². The first-order valence-corrected chi connectivity index (χ1v) is 14.7. The van der Waals surface area contributed by atoms with E-state index >= 15 is 4.39 Å². The molecule has 3 atom stereocenters. The van der Waals surface area contributed by atoms with E-state index in [9.17, 15) is 13.2 Å². The van der Waals surface area contributed by atoms with Gasteiger partial charge in [0.25, 0.3) is 10.1 Å². The van der Waals surface area contributed by atoms with Crippen LogP contribution in [-0.4, -0.2) is 77.4 Å². The third-order valence-corrected chi connectivity index (χ3v) is 8.51. The van der Waals surface area contributed by atoms with Crippen LogP contribution in [0.15, 0.2) is 39.8 Å². The molecule has 0 spiro atoms. The highest BCUT2D eigenvalue weighted by Gasteiger charge is 2.40. The Morgan fingerprint density at radius 1 is 1.10 bits per heavy atom. The summed E-state index contributed by atoms with van der Waals surface area (Å²) in [7, 11) is -4.11. The maximum absolute atomic E-state index is 16.3. The molecule has 1 aromatic heterocycles. The zero-order valence-electron chi connectivity index (χ0n) is 22.7. The average Bonchev–Trinajstić information content (AvgIpc) is 3.67. The Morgan fingerprint density at radius 3 is 2.43 bits per heavy atom. The van der Waals surface area contributed by atoms with Gasteiger partial charge in [-0.05, 0) is 39.0 Å². The standard InChI is InChI=1S/C27H30FN3O9S.CH4/c1-15-4-6-19(7-5-15)41(33,34)38-14-18-13-37-27(32)31(18)25-21-10-20(26-35-8-9-36-26)23(22(28)24(21)40-29-25)30-11-16(2)39-17(3)12-30;/h4-7,10,16-18,26H,8-9,11-14H2,1-3H3;1H4/t16-,17-,18-;/m1./s1. The van der Waals surface area contributed by atoms with E-state index in [1.807, 2.05) is 25.7 Å². The number of anilines is 2. The molecular formula is C28H34FN3O9S. The second-order valence-electron chi connectivity index (χ2n) is 10.4. The summed E-state index contributed by atoms with van der Waals surface area (Å²) >= 11 is 0. The number of aromatic nitrogens is 1. The Labute approximate surface area is 243 Å². The Hall–Kier alpha value is -3.30. The van der Waals surface area contributed by atoms with Crippen molar-refractivity contribution in [3.05, 3.63) is 47.3 Å². The van der Waals surface area contributed by atoms with Gasteiger partial charge in [-0.2, -0.15) is 8.42 Å². The minimum atomic E-state index is -4.11. The lowest BCUT2D eigenvalue weighted by Crippen LogP contribution is -2.46. The van der Waals surface area contributed by atoms with Crippen LogP contribution in [0.4, 0.5) is 20.7 Å². The Kier molecular flexibility index (Phi) is 8.45. The van der Waals surface area contributed by atoms with Gasteiger partial charge >= 0.3 is 6.09 Å². The predicted octanol–water partition coefficient (Wildman–Crippen LogP) is 4.30. The molecule has 4 heterocycles. The monoisotopic (exact) mass is 607 g/mol. The SMILES string of the molecule is C.Cc1ccc(S(=O)(=O)OC[C@H]2COC(=O)N2c2noc3c(F)c(N4C[C@@H](C)O[C@H](C)C4)c(C4OCCO4)cc23)cc1. The van der Waals surface area contributed by atoms with Gasteiger partial charge in [0.2, 0.25) is 5.58 Å². The summed E-state index contributed by atoms with van der Waals surface area (Å²) in [5.41, 5.74) is 1.39. The van der Waals surface area contributed by atoms with E-state index in [0.29, 0.717) is 31.9 Å². The number of hydrogen-bond donors (Lipinski definition) is 0. The van der Waals surface area contributed by atoms with Crippen molar-refractivity contribution in [1.82, 2.24) is 5.16 Å². The van der Waals surface area contributed by atoms with Crippen LogP contribution < -0.4 is 9.80 Å². The van der Waals surface area contributed by atoms with Gasteiger partial charge in [0, 0.05) is 18.7 Å². The highest BCUT2D eigenvalue weighted by Crippen LogP contribution is 2.42. The summed E-state index contributed by atoms with van der Waals surface area (Å²) in [6.07, 6.45) is -1.93. The van der Waals surface area contributed by atoms with Crippen molar-refractivity contribution in [3.8, 4) is 0 Å². The summed E-state index contributed by atoms with van der Waals surface area (Å²) in [5.74, 6) is -0.712. The average molecular weight is 608 g/mol. The maximum atomic E-state index is 16.3. The number of rotatable bonds is 7. The van der Waals surface area contributed by atoms with Crippen LogP contribution in [0.2, 0.25) is 0 Å². The third kappa shape index (κ3) is 5.56. The van der Waals surface area contributed by atoms with Gasteiger partial charge in [0.05, 0.1) is 48.0 Å². The van der Waals surface area contributed by atoms with Crippen LogP contribution in [0.3, 0.4) is 0 Å². The summed E-state index contributed by atoms with van der Waals surface area (Å²) in [5, 5.41) is 4.20. The van der Waals surface area contributed by atoms with Crippen LogP contribution in [0.1, 0.15) is 38.7 Å². The molecule has 14 heteroatoms. The minimum Gasteiger partial charge on any atom is -0.447 e. The molecule has 3 aliphatic heterocycles. The van der Waals surface area contributed by atoms with E-state index in [2.05, 4.69) is 5.16 Å². The van der Waals surface area contributed by atoms with Gasteiger partial charge in [0.1, 0.15) is 12.6 Å². The van der Waals surface area contributed by atoms with Crippen LogP contribution in [0.25, 0.3) is 11.0 Å². The third-order valence-electron chi connectivity index (χ3n) is 7.22. The number of nitrogens with zero attached hydrogens (tertiary/aromatic N) is 3. The molecule has 0 bridgehead atoms. The van der Waals surface area contributed by atoms with Gasteiger partial charge in [-0.15, -0.1) is 0 Å². The second kappa shape index (κ2) is 11.8. The van der Waals surface area contributed by atoms with Crippen molar-refractivity contribution in [2.45, 2.75) is 57.6 Å². The fraction of sp³-hybridized carbons (Fsp3) is 0.500. The van der Waals surface area contributed by atoms with Gasteiger partial charge in [-0.25, -0.2) is 14.1 Å². The van der Waals surface area contributed by atoms with Crippen molar-refractivity contribution in [1.29, 1.82) is 0 Å². The molecule has 228 valence electrons. The van der Waals surface area contributed by atoms with Gasteiger partial charge in [0.15, 0.2) is 17.9 Å². The predicted molar refractivity (Wildman–Crippen MR) is 149 cm³/mol. The van der Waals surface area contributed by atoms with E-state index in [1.165, 1.54) is 12.1 Å². The number of hydrogen-bond acceptors (Lipinski definition) is 11. The minimum absolute atomic E-state index is 0. The maximum Gasteiger partial charge on any atom is 0.416 e. The molecule has 1 amide bonds. The molecule has 3 aliphatic rings. The topological polar surface area (TPSA) is 130 Å². The van der Waals surface area contributed by atoms with Crippen molar-refractivity contribution in [2.75, 3.05) is 49.3 Å². The van der Waals surface area contributed by atoms with Crippen molar-refractivity contribution >= 4 is 38.7 Å². The fourth-order valence-corrected chi connectivity index (χ4v) is 6.33. The number of amides is 1. The smallest absolute Gasteiger partial charge is 0.416 e. The van der Waals surface area contributed by atoms with Crippen LogP contribution in [0, 0.1) is 12.7 Å². The first-order valence-electron chi connectivity index (χ1n) is 13.3. The molecule has 0 unspecified atom stereocenters. The van der Waals surface area contributed by atoms with E-state index in [-0.39, 0.29) is 53.6 Å². The highest BCUT2D eigenvalue weighted by atomic mass is 32.2. The molecule has 0 saturated carbocycles. The van der Waals surface area contributed by atoms with E-state index < -0.39 is 41.0 Å². The number of benzene rings is 2. The molecule has 0 N–H and O–H groups in total.